The van der Waals surface area contributed by atoms with E-state index in [0.717, 1.165) is 32.7 Å². The molecule has 1 saturated heterocycles. The number of morpholine rings is 1. The molecule has 0 bridgehead atoms. The summed E-state index contributed by atoms with van der Waals surface area (Å²) in [4.78, 5) is 17.8. The number of carbonyl (C=O) groups is 1. The molecule has 5 nitrogen and oxygen atoms in total. The van der Waals surface area contributed by atoms with Crippen LogP contribution in [0.3, 0.4) is 0 Å². The lowest BCUT2D eigenvalue weighted by Crippen LogP contribution is -2.45. The van der Waals surface area contributed by atoms with Gasteiger partial charge in [0, 0.05) is 49.9 Å². The summed E-state index contributed by atoms with van der Waals surface area (Å²) in [6.07, 6.45) is 0.451. The van der Waals surface area contributed by atoms with Crippen LogP contribution in [0, 0.1) is 12.8 Å². The standard InChI is InChI=1S/C17H26N2O3S/c1-12-3-8-23-16(12)14-9-15(14)17(21)18(2)10-13(20)11-19-4-6-22-7-5-19/h3,8,13-15,20H,4-7,9-11H2,1-2H3. The molecule has 0 spiro atoms. The van der Waals surface area contributed by atoms with Gasteiger partial charge in [0.05, 0.1) is 19.3 Å². The minimum atomic E-state index is -0.497. The normalized spacial score (nSPS) is 26.0. The summed E-state index contributed by atoms with van der Waals surface area (Å²) in [7, 11) is 1.81. The monoisotopic (exact) mass is 338 g/mol. The van der Waals surface area contributed by atoms with Gasteiger partial charge in [-0.25, -0.2) is 0 Å². The highest BCUT2D eigenvalue weighted by Gasteiger charge is 2.46. The van der Waals surface area contributed by atoms with Crippen LogP contribution in [0.4, 0.5) is 0 Å². The van der Waals surface area contributed by atoms with Crippen LogP contribution >= 0.6 is 11.3 Å². The van der Waals surface area contributed by atoms with Crippen molar-refractivity contribution >= 4 is 17.2 Å². The third-order valence-electron chi connectivity index (χ3n) is 4.78. The van der Waals surface area contributed by atoms with E-state index in [4.69, 9.17) is 4.74 Å². The predicted molar refractivity (Wildman–Crippen MR) is 90.8 cm³/mol. The number of carbonyl (C=O) groups excluding carboxylic acids is 1. The minimum absolute atomic E-state index is 0.105. The first kappa shape index (κ1) is 16.9. The Balaban J connectivity index is 1.45. The fourth-order valence-electron chi connectivity index (χ4n) is 3.35. The molecule has 2 heterocycles. The number of aliphatic hydroxyl groups is 1. The number of hydrogen-bond donors (Lipinski definition) is 1. The highest BCUT2D eigenvalue weighted by atomic mass is 32.1. The summed E-state index contributed by atoms with van der Waals surface area (Å²) in [6, 6.07) is 2.12. The van der Waals surface area contributed by atoms with Gasteiger partial charge in [-0.15, -0.1) is 11.3 Å². The van der Waals surface area contributed by atoms with E-state index in [9.17, 15) is 9.90 Å². The maximum atomic E-state index is 12.5. The van der Waals surface area contributed by atoms with E-state index in [0.29, 0.717) is 19.0 Å². The lowest BCUT2D eigenvalue weighted by Gasteiger charge is -2.30. The number of rotatable bonds is 6. The molecule has 3 rings (SSSR count). The maximum Gasteiger partial charge on any atom is 0.226 e. The summed E-state index contributed by atoms with van der Waals surface area (Å²) in [5, 5.41) is 12.3. The van der Waals surface area contributed by atoms with Crippen molar-refractivity contribution in [1.82, 2.24) is 9.80 Å². The average molecular weight is 338 g/mol. The van der Waals surface area contributed by atoms with Crippen molar-refractivity contribution < 1.29 is 14.6 Å². The molecule has 1 N–H and O–H groups in total. The van der Waals surface area contributed by atoms with Crippen molar-refractivity contribution in [3.8, 4) is 0 Å². The molecular formula is C17H26N2O3S. The zero-order chi connectivity index (χ0) is 16.4. The third kappa shape index (κ3) is 4.12. The van der Waals surface area contributed by atoms with Gasteiger partial charge in [0.15, 0.2) is 0 Å². The van der Waals surface area contributed by atoms with Crippen LogP contribution in [-0.2, 0) is 9.53 Å². The summed E-state index contributed by atoms with van der Waals surface area (Å²) < 4.78 is 5.31. The number of ether oxygens (including phenoxy) is 1. The second-order valence-electron chi connectivity index (χ2n) is 6.70. The first-order chi connectivity index (χ1) is 11.1. The molecule has 1 amide bonds. The van der Waals surface area contributed by atoms with Crippen LogP contribution < -0.4 is 0 Å². The van der Waals surface area contributed by atoms with E-state index in [1.807, 2.05) is 7.05 Å². The van der Waals surface area contributed by atoms with E-state index >= 15 is 0 Å². The van der Waals surface area contributed by atoms with Crippen molar-refractivity contribution in [2.45, 2.75) is 25.4 Å². The SMILES string of the molecule is Cc1ccsc1C1CC1C(=O)N(C)CC(O)CN1CCOCC1. The smallest absolute Gasteiger partial charge is 0.226 e. The molecule has 1 aliphatic heterocycles. The second kappa shape index (κ2) is 7.30. The Morgan fingerprint density at radius 1 is 1.52 bits per heavy atom. The van der Waals surface area contributed by atoms with Gasteiger partial charge in [0.1, 0.15) is 0 Å². The van der Waals surface area contributed by atoms with Crippen LogP contribution in [0.2, 0.25) is 0 Å². The summed E-state index contributed by atoms with van der Waals surface area (Å²) in [6.45, 7) is 6.30. The lowest BCUT2D eigenvalue weighted by atomic mass is 10.2. The molecule has 3 unspecified atom stereocenters. The third-order valence-corrected chi connectivity index (χ3v) is 5.93. The molecular weight excluding hydrogens is 312 g/mol. The number of aryl methyl sites for hydroxylation is 1. The van der Waals surface area contributed by atoms with Gasteiger partial charge >= 0.3 is 0 Å². The predicted octanol–water partition coefficient (Wildman–Crippen LogP) is 1.31. The zero-order valence-electron chi connectivity index (χ0n) is 13.9. The highest BCUT2D eigenvalue weighted by Crippen LogP contribution is 2.51. The van der Waals surface area contributed by atoms with Crippen molar-refractivity contribution in [3.63, 3.8) is 0 Å². The Kier molecular flexibility index (Phi) is 5.36. The summed E-state index contributed by atoms with van der Waals surface area (Å²) in [5.74, 6) is 0.665. The number of β-amino-alcohol motifs (C(OH)–C–C–N with tert-alkyl or cyclic N) is 1. The van der Waals surface area contributed by atoms with Gasteiger partial charge in [0.2, 0.25) is 5.91 Å². The van der Waals surface area contributed by atoms with Gasteiger partial charge < -0.3 is 14.7 Å². The van der Waals surface area contributed by atoms with Crippen LogP contribution in [0.15, 0.2) is 11.4 Å². The molecule has 23 heavy (non-hydrogen) atoms. The average Bonchev–Trinajstić information content (AvgIpc) is 3.21. The molecule has 3 atom stereocenters. The number of aliphatic hydroxyl groups excluding tert-OH is 1. The molecule has 128 valence electrons. The van der Waals surface area contributed by atoms with Crippen LogP contribution in [0.1, 0.15) is 22.8 Å². The number of hydrogen-bond acceptors (Lipinski definition) is 5. The molecule has 1 aliphatic carbocycles. The highest BCUT2D eigenvalue weighted by molar-refractivity contribution is 7.10. The van der Waals surface area contributed by atoms with E-state index < -0.39 is 6.10 Å². The Labute approximate surface area is 141 Å². The molecule has 0 aromatic carbocycles. The van der Waals surface area contributed by atoms with E-state index in [1.165, 1.54) is 10.4 Å². The number of nitrogens with zero attached hydrogens (tertiary/aromatic N) is 2. The van der Waals surface area contributed by atoms with Crippen LogP contribution in [0.25, 0.3) is 0 Å². The Morgan fingerprint density at radius 2 is 2.26 bits per heavy atom. The van der Waals surface area contributed by atoms with Crippen molar-refractivity contribution in [1.29, 1.82) is 0 Å². The van der Waals surface area contributed by atoms with Crippen molar-refractivity contribution in [2.24, 2.45) is 5.92 Å². The Hall–Kier alpha value is -0.950. The van der Waals surface area contributed by atoms with Gasteiger partial charge in [-0.2, -0.15) is 0 Å². The van der Waals surface area contributed by atoms with Crippen LogP contribution in [-0.4, -0.2) is 73.4 Å². The summed E-state index contributed by atoms with van der Waals surface area (Å²) in [5.41, 5.74) is 1.30. The van der Waals surface area contributed by atoms with Gasteiger partial charge in [-0.3, -0.25) is 9.69 Å². The van der Waals surface area contributed by atoms with E-state index in [2.05, 4.69) is 23.3 Å². The maximum absolute atomic E-state index is 12.5. The minimum Gasteiger partial charge on any atom is -0.390 e. The Morgan fingerprint density at radius 3 is 2.91 bits per heavy atom. The van der Waals surface area contributed by atoms with E-state index in [1.54, 1.807) is 16.2 Å². The topological polar surface area (TPSA) is 53.0 Å². The fourth-order valence-corrected chi connectivity index (χ4v) is 4.46. The first-order valence-electron chi connectivity index (χ1n) is 8.33. The van der Waals surface area contributed by atoms with Crippen molar-refractivity contribution in [3.05, 3.63) is 21.9 Å². The number of thiophene rings is 1. The number of likely N-dealkylation sites (N-methyl/N-ethyl adjacent to an activating group) is 1. The van der Waals surface area contributed by atoms with Gasteiger partial charge in [-0.1, -0.05) is 0 Å². The quantitative estimate of drug-likeness (QED) is 0.850. The Bertz CT molecular complexity index is 542. The summed E-state index contributed by atoms with van der Waals surface area (Å²) >= 11 is 1.75. The molecule has 1 aromatic rings. The fraction of sp³-hybridized carbons (Fsp3) is 0.706. The molecule has 2 fully saturated rings. The van der Waals surface area contributed by atoms with Gasteiger partial charge in [-0.05, 0) is 30.4 Å². The van der Waals surface area contributed by atoms with Crippen LogP contribution in [0.5, 0.6) is 0 Å². The molecule has 6 heteroatoms. The first-order valence-corrected chi connectivity index (χ1v) is 9.21. The molecule has 0 radical (unpaired) electrons. The lowest BCUT2D eigenvalue weighted by molar-refractivity contribution is -0.132. The molecule has 2 aliphatic rings. The van der Waals surface area contributed by atoms with Crippen molar-refractivity contribution in [2.75, 3.05) is 46.4 Å². The number of amides is 1. The zero-order valence-corrected chi connectivity index (χ0v) is 14.7. The second-order valence-corrected chi connectivity index (χ2v) is 7.65. The molecule has 1 aromatic heterocycles. The largest absolute Gasteiger partial charge is 0.390 e. The molecule has 1 saturated carbocycles. The van der Waals surface area contributed by atoms with Gasteiger partial charge in [0.25, 0.3) is 0 Å². The van der Waals surface area contributed by atoms with E-state index in [-0.39, 0.29) is 11.8 Å².